The SMILES string of the molecule is Cc1cc2[nH]cnc2cc1-c1noc(-c2ccc(OC(C)C(F)(F)F)c(C(F)(F)F)c2)n1. The Hall–Kier alpha value is -3.57. The summed E-state index contributed by atoms with van der Waals surface area (Å²) in [6.45, 7) is 2.41. The fraction of sp³-hybridized carbons (Fsp3) is 0.250. The van der Waals surface area contributed by atoms with E-state index in [-0.39, 0.29) is 17.3 Å². The quantitative estimate of drug-likeness (QED) is 0.385. The molecule has 6 nitrogen and oxygen atoms in total. The maximum atomic E-state index is 13.5. The van der Waals surface area contributed by atoms with Crippen molar-refractivity contribution in [3.8, 4) is 28.6 Å². The predicted molar refractivity (Wildman–Crippen MR) is 101 cm³/mol. The predicted octanol–water partition coefficient (Wildman–Crippen LogP) is 5.94. The summed E-state index contributed by atoms with van der Waals surface area (Å²) in [5.41, 5.74) is 1.25. The zero-order chi connectivity index (χ0) is 23.3. The molecule has 0 amide bonds. The van der Waals surface area contributed by atoms with Crippen molar-refractivity contribution in [1.82, 2.24) is 20.1 Å². The number of rotatable bonds is 4. The van der Waals surface area contributed by atoms with Gasteiger partial charge < -0.3 is 14.2 Å². The standard InChI is InChI=1S/C20H14F6N4O2/c1-9-5-14-15(28-8-27-14)7-12(9)17-29-18(32-30-17)11-3-4-16(13(6-11)20(24,25)26)31-10(2)19(21,22)23/h3-8,10H,1-2H3,(H,27,28). The Bertz CT molecular complexity index is 1280. The lowest BCUT2D eigenvalue weighted by Gasteiger charge is -2.20. The molecule has 0 aliphatic heterocycles. The minimum absolute atomic E-state index is 0.124. The Morgan fingerprint density at radius 3 is 2.50 bits per heavy atom. The fourth-order valence-electron chi connectivity index (χ4n) is 3.03. The molecule has 0 bridgehead atoms. The number of aryl methyl sites for hydroxylation is 1. The first kappa shape index (κ1) is 21.7. The largest absolute Gasteiger partial charge is 0.481 e. The summed E-state index contributed by atoms with van der Waals surface area (Å²) in [5.74, 6) is -1.06. The number of ether oxygens (including phenoxy) is 1. The van der Waals surface area contributed by atoms with Gasteiger partial charge in [-0.2, -0.15) is 31.3 Å². The lowest BCUT2D eigenvalue weighted by Crippen LogP contribution is -2.31. The van der Waals surface area contributed by atoms with Crippen LogP contribution < -0.4 is 4.74 Å². The highest BCUT2D eigenvalue weighted by Crippen LogP contribution is 2.40. The molecule has 2 aromatic carbocycles. The maximum absolute atomic E-state index is 13.5. The van der Waals surface area contributed by atoms with Crippen LogP contribution in [0.15, 0.2) is 41.2 Å². The lowest BCUT2D eigenvalue weighted by atomic mass is 10.1. The van der Waals surface area contributed by atoms with Gasteiger partial charge >= 0.3 is 12.4 Å². The molecule has 12 heteroatoms. The number of halogens is 6. The Labute approximate surface area is 176 Å². The van der Waals surface area contributed by atoms with Crippen molar-refractivity contribution in [3.63, 3.8) is 0 Å². The van der Waals surface area contributed by atoms with Crippen LogP contribution in [0.2, 0.25) is 0 Å². The van der Waals surface area contributed by atoms with Gasteiger partial charge in [0.2, 0.25) is 5.82 Å². The van der Waals surface area contributed by atoms with Gasteiger partial charge in [0.15, 0.2) is 6.10 Å². The Morgan fingerprint density at radius 1 is 1.06 bits per heavy atom. The summed E-state index contributed by atoms with van der Waals surface area (Å²) >= 11 is 0. The highest BCUT2D eigenvalue weighted by molar-refractivity contribution is 5.82. The first-order valence-electron chi connectivity index (χ1n) is 9.16. The molecule has 0 saturated heterocycles. The molecule has 2 aromatic heterocycles. The van der Waals surface area contributed by atoms with Gasteiger partial charge in [0.05, 0.1) is 22.9 Å². The third-order valence-corrected chi connectivity index (χ3v) is 4.73. The van der Waals surface area contributed by atoms with Gasteiger partial charge in [-0.1, -0.05) is 5.16 Å². The summed E-state index contributed by atoms with van der Waals surface area (Å²) in [5, 5.41) is 3.82. The molecule has 1 unspecified atom stereocenters. The Morgan fingerprint density at radius 2 is 1.81 bits per heavy atom. The van der Waals surface area contributed by atoms with Crippen molar-refractivity contribution < 1.29 is 35.6 Å². The van der Waals surface area contributed by atoms with Crippen LogP contribution in [0.5, 0.6) is 5.75 Å². The number of alkyl halides is 6. The molecule has 0 aliphatic rings. The van der Waals surface area contributed by atoms with Crippen LogP contribution in [-0.2, 0) is 6.18 Å². The number of imidazole rings is 1. The van der Waals surface area contributed by atoms with Gasteiger partial charge in [-0.3, -0.25) is 0 Å². The van der Waals surface area contributed by atoms with Gasteiger partial charge in [0.25, 0.3) is 5.89 Å². The van der Waals surface area contributed by atoms with E-state index in [1.165, 1.54) is 6.33 Å². The molecule has 32 heavy (non-hydrogen) atoms. The molecule has 168 valence electrons. The number of fused-ring (bicyclic) bond motifs is 1. The van der Waals surface area contributed by atoms with E-state index < -0.39 is 29.8 Å². The monoisotopic (exact) mass is 456 g/mol. The molecule has 1 atom stereocenters. The van der Waals surface area contributed by atoms with Gasteiger partial charge in [0.1, 0.15) is 5.75 Å². The molecule has 1 N–H and O–H groups in total. The third kappa shape index (κ3) is 4.12. The molecule has 4 aromatic rings. The summed E-state index contributed by atoms with van der Waals surface area (Å²) in [6.07, 6.45) is -10.7. The Kier molecular flexibility index (Phi) is 5.10. The van der Waals surface area contributed by atoms with Gasteiger partial charge in [0, 0.05) is 11.1 Å². The van der Waals surface area contributed by atoms with Crippen LogP contribution in [-0.4, -0.2) is 32.4 Å². The van der Waals surface area contributed by atoms with Crippen molar-refractivity contribution in [2.24, 2.45) is 0 Å². The molecule has 0 fully saturated rings. The van der Waals surface area contributed by atoms with Gasteiger partial charge in [-0.25, -0.2) is 4.98 Å². The molecule has 0 aliphatic carbocycles. The van der Waals surface area contributed by atoms with Crippen LogP contribution in [0.4, 0.5) is 26.3 Å². The van der Waals surface area contributed by atoms with E-state index in [0.717, 1.165) is 23.2 Å². The van der Waals surface area contributed by atoms with E-state index in [1.807, 2.05) is 6.07 Å². The first-order chi connectivity index (χ1) is 14.9. The van der Waals surface area contributed by atoms with Crippen LogP contribution in [0.3, 0.4) is 0 Å². The average molecular weight is 456 g/mol. The number of aromatic nitrogens is 4. The van der Waals surface area contributed by atoms with Crippen LogP contribution in [0.25, 0.3) is 33.9 Å². The van der Waals surface area contributed by atoms with Crippen LogP contribution >= 0.6 is 0 Å². The number of nitrogens with one attached hydrogen (secondary N) is 1. The number of hydrogen-bond donors (Lipinski definition) is 1. The van der Waals surface area contributed by atoms with E-state index in [0.29, 0.717) is 24.1 Å². The number of hydrogen-bond acceptors (Lipinski definition) is 5. The smallest absolute Gasteiger partial charge is 0.425 e. The Balaban J connectivity index is 1.71. The second-order valence-electron chi connectivity index (χ2n) is 7.02. The minimum atomic E-state index is -4.97. The van der Waals surface area contributed by atoms with Crippen molar-refractivity contribution in [1.29, 1.82) is 0 Å². The molecular weight excluding hydrogens is 442 g/mol. The summed E-state index contributed by atoms with van der Waals surface area (Å²) in [6, 6.07) is 6.04. The van der Waals surface area contributed by atoms with Crippen molar-refractivity contribution in [3.05, 3.63) is 47.8 Å². The second kappa shape index (κ2) is 7.53. The van der Waals surface area contributed by atoms with E-state index in [4.69, 9.17) is 4.52 Å². The fourth-order valence-corrected chi connectivity index (χ4v) is 3.03. The van der Waals surface area contributed by atoms with Crippen molar-refractivity contribution in [2.45, 2.75) is 32.3 Å². The zero-order valence-corrected chi connectivity index (χ0v) is 16.5. The molecular formula is C20H14F6N4O2. The molecule has 2 heterocycles. The molecule has 4 rings (SSSR count). The first-order valence-corrected chi connectivity index (χ1v) is 9.16. The molecule has 0 spiro atoms. The zero-order valence-electron chi connectivity index (χ0n) is 16.5. The number of nitrogens with zero attached hydrogens (tertiary/aromatic N) is 3. The van der Waals surface area contributed by atoms with Crippen molar-refractivity contribution in [2.75, 3.05) is 0 Å². The second-order valence-corrected chi connectivity index (χ2v) is 7.02. The average Bonchev–Trinajstić information content (AvgIpc) is 3.35. The van der Waals surface area contributed by atoms with E-state index >= 15 is 0 Å². The third-order valence-electron chi connectivity index (χ3n) is 4.73. The van der Waals surface area contributed by atoms with Crippen LogP contribution in [0.1, 0.15) is 18.1 Å². The summed E-state index contributed by atoms with van der Waals surface area (Å²) in [7, 11) is 0. The summed E-state index contributed by atoms with van der Waals surface area (Å²) in [4.78, 5) is 11.2. The minimum Gasteiger partial charge on any atom is -0.481 e. The van der Waals surface area contributed by atoms with E-state index in [1.54, 1.807) is 13.0 Å². The molecule has 0 radical (unpaired) electrons. The van der Waals surface area contributed by atoms with E-state index in [9.17, 15) is 26.3 Å². The van der Waals surface area contributed by atoms with E-state index in [2.05, 4.69) is 24.8 Å². The highest BCUT2D eigenvalue weighted by atomic mass is 19.4. The van der Waals surface area contributed by atoms with Crippen LogP contribution in [0, 0.1) is 6.92 Å². The lowest BCUT2D eigenvalue weighted by molar-refractivity contribution is -0.191. The topological polar surface area (TPSA) is 76.8 Å². The summed E-state index contributed by atoms with van der Waals surface area (Å²) < 4.78 is 88.3. The number of benzene rings is 2. The maximum Gasteiger partial charge on any atom is 0.425 e. The number of aromatic amines is 1. The van der Waals surface area contributed by atoms with Gasteiger partial charge in [-0.05, 0) is 49.7 Å². The normalized spacial score (nSPS) is 13.5. The number of H-pyrrole nitrogens is 1. The highest BCUT2D eigenvalue weighted by Gasteiger charge is 2.41. The van der Waals surface area contributed by atoms with Crippen molar-refractivity contribution >= 4 is 11.0 Å². The molecule has 0 saturated carbocycles. The van der Waals surface area contributed by atoms with Gasteiger partial charge in [-0.15, -0.1) is 0 Å².